The zero-order valence-corrected chi connectivity index (χ0v) is 16.5. The number of benzene rings is 1. The van der Waals surface area contributed by atoms with Crippen molar-refractivity contribution in [3.63, 3.8) is 0 Å². The lowest BCUT2D eigenvalue weighted by Gasteiger charge is -2.10. The third kappa shape index (κ3) is 3.98. The van der Waals surface area contributed by atoms with Gasteiger partial charge in [-0.25, -0.2) is 9.37 Å². The average molecular weight is 406 g/mol. The minimum absolute atomic E-state index is 0.206. The maximum Gasteiger partial charge on any atom is 0.260 e. The Morgan fingerprint density at radius 1 is 1.17 bits per heavy atom. The van der Waals surface area contributed by atoms with E-state index in [1.807, 2.05) is 0 Å². The van der Waals surface area contributed by atoms with Gasteiger partial charge in [0, 0.05) is 13.1 Å². The molecule has 0 saturated heterocycles. The predicted molar refractivity (Wildman–Crippen MR) is 109 cm³/mol. The van der Waals surface area contributed by atoms with Crippen molar-refractivity contribution in [3.8, 4) is 0 Å². The smallest absolute Gasteiger partial charge is 0.260 e. The van der Waals surface area contributed by atoms with Crippen LogP contribution in [0.25, 0.3) is 10.9 Å². The van der Waals surface area contributed by atoms with Crippen molar-refractivity contribution in [2.75, 3.05) is 0 Å². The predicted octanol–water partition coefficient (Wildman–Crippen LogP) is 3.12. The molecule has 0 atom stereocenters. The first-order valence-electron chi connectivity index (χ1n) is 9.35. The van der Waals surface area contributed by atoms with Crippen LogP contribution in [0.3, 0.4) is 0 Å². The number of hydrogen-bond acceptors (Lipinski definition) is 5. The van der Waals surface area contributed by atoms with Gasteiger partial charge in [0.15, 0.2) is 5.89 Å². The lowest BCUT2D eigenvalue weighted by atomic mass is 10.1. The number of aryl methyl sites for hydroxylation is 2. The molecule has 30 heavy (non-hydrogen) atoms. The van der Waals surface area contributed by atoms with Gasteiger partial charge in [0.2, 0.25) is 0 Å². The molecule has 1 aromatic carbocycles. The van der Waals surface area contributed by atoms with Gasteiger partial charge in [-0.1, -0.05) is 12.1 Å². The molecule has 0 aliphatic rings. The van der Waals surface area contributed by atoms with Gasteiger partial charge in [-0.05, 0) is 36.8 Å². The lowest BCUT2D eigenvalue weighted by Crippen LogP contribution is -2.25. The molecule has 0 spiro atoms. The third-order valence-corrected chi connectivity index (χ3v) is 4.75. The van der Waals surface area contributed by atoms with Gasteiger partial charge in [-0.2, -0.15) is 0 Å². The van der Waals surface area contributed by atoms with Gasteiger partial charge >= 0.3 is 0 Å². The third-order valence-electron chi connectivity index (χ3n) is 4.75. The maximum atomic E-state index is 13.1. The molecule has 0 aliphatic heterocycles. The maximum absolute atomic E-state index is 13.1. The molecule has 1 N–H and O–H groups in total. The first-order valence-corrected chi connectivity index (χ1v) is 9.35. The molecule has 0 unspecified atom stereocenters. The summed E-state index contributed by atoms with van der Waals surface area (Å²) in [6.07, 6.45) is 3.13. The molecule has 0 radical (unpaired) electrons. The molecular weight excluding hydrogens is 387 g/mol. The van der Waals surface area contributed by atoms with Crippen molar-refractivity contribution < 1.29 is 13.6 Å². The van der Waals surface area contributed by atoms with E-state index in [1.165, 1.54) is 23.0 Å². The van der Waals surface area contributed by atoms with E-state index in [0.29, 0.717) is 33.7 Å². The normalized spacial score (nSPS) is 11.0. The average Bonchev–Trinajstić information content (AvgIpc) is 3.15. The molecule has 152 valence electrons. The Labute approximate surface area is 171 Å². The van der Waals surface area contributed by atoms with Gasteiger partial charge in [0.25, 0.3) is 11.5 Å². The highest BCUT2D eigenvalue weighted by Crippen LogP contribution is 2.15. The molecule has 3 heterocycles. The molecule has 0 aliphatic carbocycles. The summed E-state index contributed by atoms with van der Waals surface area (Å²) in [4.78, 5) is 34.2. The van der Waals surface area contributed by atoms with E-state index < -0.39 is 0 Å². The van der Waals surface area contributed by atoms with Crippen molar-refractivity contribution in [2.45, 2.75) is 26.9 Å². The molecule has 8 heteroatoms. The molecule has 0 bridgehead atoms. The van der Waals surface area contributed by atoms with E-state index in [4.69, 9.17) is 4.42 Å². The number of amides is 1. The quantitative estimate of drug-likeness (QED) is 0.550. The van der Waals surface area contributed by atoms with E-state index in [2.05, 4.69) is 15.3 Å². The number of nitrogens with one attached hydrogen (secondary N) is 1. The van der Waals surface area contributed by atoms with Crippen molar-refractivity contribution in [1.82, 2.24) is 19.9 Å². The lowest BCUT2D eigenvalue weighted by molar-refractivity contribution is 0.0949. The van der Waals surface area contributed by atoms with Gasteiger partial charge < -0.3 is 14.3 Å². The second kappa shape index (κ2) is 7.90. The van der Waals surface area contributed by atoms with Crippen molar-refractivity contribution in [1.29, 1.82) is 0 Å². The standard InChI is InChI=1S/C22H19FN4O3/c1-13-18(21(28)24-10-17-12-30-14(2)26-17)9-19-20(25-13)7-8-27(22(19)29)11-15-3-5-16(23)6-4-15/h3-9,12H,10-11H2,1-2H3,(H,24,28). The first-order chi connectivity index (χ1) is 14.4. The summed E-state index contributed by atoms with van der Waals surface area (Å²) in [6, 6.07) is 9.25. The Bertz CT molecular complexity index is 1290. The van der Waals surface area contributed by atoms with Crippen LogP contribution in [0.15, 0.2) is 58.1 Å². The minimum atomic E-state index is -0.351. The van der Waals surface area contributed by atoms with Gasteiger partial charge in [-0.3, -0.25) is 14.6 Å². The van der Waals surface area contributed by atoms with Crippen LogP contribution < -0.4 is 10.9 Å². The number of aromatic nitrogens is 3. The Morgan fingerprint density at radius 2 is 1.93 bits per heavy atom. The molecule has 0 saturated carbocycles. The number of fused-ring (bicyclic) bond motifs is 1. The fourth-order valence-electron chi connectivity index (χ4n) is 3.20. The largest absolute Gasteiger partial charge is 0.449 e. The minimum Gasteiger partial charge on any atom is -0.449 e. The summed E-state index contributed by atoms with van der Waals surface area (Å²) >= 11 is 0. The molecule has 4 rings (SSSR count). The molecule has 3 aromatic heterocycles. The van der Waals surface area contributed by atoms with Crippen molar-refractivity contribution >= 4 is 16.8 Å². The topological polar surface area (TPSA) is 90.0 Å². The Hall–Kier alpha value is -3.81. The molecule has 4 aromatic rings. The van der Waals surface area contributed by atoms with Gasteiger partial charge in [0.1, 0.15) is 12.1 Å². The number of halogens is 1. The van der Waals surface area contributed by atoms with Crippen LogP contribution in [0.1, 0.15) is 33.2 Å². The molecule has 7 nitrogen and oxygen atoms in total. The summed E-state index contributed by atoms with van der Waals surface area (Å²) in [6.45, 7) is 3.94. The highest BCUT2D eigenvalue weighted by Gasteiger charge is 2.15. The van der Waals surface area contributed by atoms with Crippen LogP contribution in [0.4, 0.5) is 4.39 Å². The molecular formula is C22H19FN4O3. The number of carbonyl (C=O) groups is 1. The summed E-state index contributed by atoms with van der Waals surface area (Å²) in [7, 11) is 0. The summed E-state index contributed by atoms with van der Waals surface area (Å²) < 4.78 is 19.8. The van der Waals surface area contributed by atoms with E-state index in [9.17, 15) is 14.0 Å². The van der Waals surface area contributed by atoms with Crippen LogP contribution in [0, 0.1) is 19.7 Å². The Morgan fingerprint density at radius 3 is 2.63 bits per heavy atom. The summed E-state index contributed by atoms with van der Waals surface area (Å²) in [5.74, 6) is -0.166. The number of nitrogens with zero attached hydrogens (tertiary/aromatic N) is 3. The molecule has 0 fully saturated rings. The van der Waals surface area contributed by atoms with Crippen LogP contribution >= 0.6 is 0 Å². The number of hydrogen-bond donors (Lipinski definition) is 1. The highest BCUT2D eigenvalue weighted by molar-refractivity contribution is 5.98. The monoisotopic (exact) mass is 406 g/mol. The number of oxazole rings is 1. The fourth-order valence-corrected chi connectivity index (χ4v) is 3.20. The van der Waals surface area contributed by atoms with E-state index in [0.717, 1.165) is 5.56 Å². The summed E-state index contributed by atoms with van der Waals surface area (Å²) in [5.41, 5.74) is 2.47. The van der Waals surface area contributed by atoms with Crippen LogP contribution in [0.5, 0.6) is 0 Å². The van der Waals surface area contributed by atoms with Gasteiger partial charge in [0.05, 0.1) is 40.9 Å². The molecule has 1 amide bonds. The van der Waals surface area contributed by atoms with Crippen molar-refractivity contribution in [2.24, 2.45) is 0 Å². The Balaban J connectivity index is 1.63. The van der Waals surface area contributed by atoms with E-state index in [1.54, 1.807) is 44.3 Å². The number of pyridine rings is 2. The Kier molecular flexibility index (Phi) is 5.14. The van der Waals surface area contributed by atoms with Crippen LogP contribution in [-0.4, -0.2) is 20.4 Å². The second-order valence-corrected chi connectivity index (χ2v) is 6.97. The van der Waals surface area contributed by atoms with Crippen LogP contribution in [0.2, 0.25) is 0 Å². The first kappa shape index (κ1) is 19.5. The summed E-state index contributed by atoms with van der Waals surface area (Å²) in [5, 5.41) is 3.11. The zero-order chi connectivity index (χ0) is 21.3. The number of rotatable bonds is 5. The second-order valence-electron chi connectivity index (χ2n) is 6.97. The van der Waals surface area contributed by atoms with Crippen molar-refractivity contribution in [3.05, 3.63) is 93.4 Å². The zero-order valence-electron chi connectivity index (χ0n) is 16.5. The van der Waals surface area contributed by atoms with E-state index >= 15 is 0 Å². The van der Waals surface area contributed by atoms with Crippen LogP contribution in [-0.2, 0) is 13.1 Å². The SMILES string of the molecule is Cc1nc(CNC(=O)c2cc3c(=O)n(Cc4ccc(F)cc4)ccc3nc2C)co1. The number of carbonyl (C=O) groups excluding carboxylic acids is 1. The van der Waals surface area contributed by atoms with Gasteiger partial charge in [-0.15, -0.1) is 0 Å². The highest BCUT2D eigenvalue weighted by atomic mass is 19.1. The fraction of sp³-hybridized carbons (Fsp3) is 0.182. The van der Waals surface area contributed by atoms with E-state index in [-0.39, 0.29) is 30.4 Å².